The second-order valence-corrected chi connectivity index (χ2v) is 6.30. The van der Waals surface area contributed by atoms with Crippen LogP contribution in [0.15, 0.2) is 0 Å². The van der Waals surface area contributed by atoms with Gasteiger partial charge >= 0.3 is 0 Å². The summed E-state index contributed by atoms with van der Waals surface area (Å²) in [6.07, 6.45) is -13.4. The molecule has 2 rings (SSSR count). The maximum absolute atomic E-state index is 11.1. The topological polar surface area (TPSA) is 198 Å². The molecular formula is C14H25NO11. The summed E-state index contributed by atoms with van der Waals surface area (Å²) in [4.78, 5) is 11.1. The minimum absolute atomic E-state index is 0.467. The summed E-state index contributed by atoms with van der Waals surface area (Å²) in [6, 6.07) is -1.24. The Bertz CT molecular complexity index is 478. The molecule has 2 heterocycles. The number of aliphatic hydroxyl groups is 7. The van der Waals surface area contributed by atoms with Crippen molar-refractivity contribution in [2.24, 2.45) is 0 Å². The zero-order valence-electron chi connectivity index (χ0n) is 14.0. The predicted octanol–water partition coefficient (Wildman–Crippen LogP) is -5.25. The highest BCUT2D eigenvalue weighted by Gasteiger charge is 2.47. The van der Waals surface area contributed by atoms with Gasteiger partial charge < -0.3 is 55.3 Å². The SMILES string of the molecule is CC(=O)N[C@@H]1[C@@H](O)[C@H](O)[C@@H](CO[C@@H]2O[C@H](CO)[C@H](O)[C@H](O)[C@H]2O)O[C@@H]1O. The average Bonchev–Trinajstić information content (AvgIpc) is 2.59. The number of carbonyl (C=O) groups excluding carboxylic acids is 1. The van der Waals surface area contributed by atoms with Gasteiger partial charge in [-0.2, -0.15) is 0 Å². The molecule has 0 saturated carbocycles. The summed E-state index contributed by atoms with van der Waals surface area (Å²) in [5.41, 5.74) is 0. The van der Waals surface area contributed by atoms with Gasteiger partial charge in [-0.15, -0.1) is 0 Å². The van der Waals surface area contributed by atoms with E-state index in [0.29, 0.717) is 0 Å². The molecule has 1 amide bonds. The van der Waals surface area contributed by atoms with Crippen LogP contribution in [0.2, 0.25) is 0 Å². The molecule has 2 aliphatic heterocycles. The van der Waals surface area contributed by atoms with E-state index in [0.717, 1.165) is 0 Å². The van der Waals surface area contributed by atoms with Gasteiger partial charge in [-0.3, -0.25) is 4.79 Å². The summed E-state index contributed by atoms with van der Waals surface area (Å²) >= 11 is 0. The zero-order valence-corrected chi connectivity index (χ0v) is 14.0. The number of rotatable bonds is 5. The Balaban J connectivity index is 1.95. The molecule has 2 saturated heterocycles. The van der Waals surface area contributed by atoms with Crippen molar-refractivity contribution in [3.05, 3.63) is 0 Å². The first-order chi connectivity index (χ1) is 12.2. The van der Waals surface area contributed by atoms with E-state index in [4.69, 9.17) is 19.3 Å². The second kappa shape index (κ2) is 8.84. The molecule has 0 bridgehead atoms. The number of amides is 1. The fraction of sp³-hybridized carbons (Fsp3) is 0.929. The van der Waals surface area contributed by atoms with Crippen molar-refractivity contribution in [1.82, 2.24) is 5.32 Å². The number of carbonyl (C=O) groups is 1. The molecule has 2 aliphatic rings. The van der Waals surface area contributed by atoms with E-state index in [9.17, 15) is 35.4 Å². The molecule has 26 heavy (non-hydrogen) atoms. The highest BCUT2D eigenvalue weighted by atomic mass is 16.7. The van der Waals surface area contributed by atoms with Crippen LogP contribution < -0.4 is 5.32 Å². The van der Waals surface area contributed by atoms with E-state index >= 15 is 0 Å². The molecular weight excluding hydrogens is 358 g/mol. The summed E-state index contributed by atoms with van der Waals surface area (Å²) < 4.78 is 15.5. The lowest BCUT2D eigenvalue weighted by Gasteiger charge is -2.42. The van der Waals surface area contributed by atoms with Gasteiger partial charge in [-0.1, -0.05) is 0 Å². The smallest absolute Gasteiger partial charge is 0.217 e. The fourth-order valence-corrected chi connectivity index (χ4v) is 2.87. The molecule has 152 valence electrons. The molecule has 8 N–H and O–H groups in total. The molecule has 0 aromatic carbocycles. The van der Waals surface area contributed by atoms with Gasteiger partial charge in [0.1, 0.15) is 48.8 Å². The van der Waals surface area contributed by atoms with Gasteiger partial charge in [0.05, 0.1) is 13.2 Å². The van der Waals surface area contributed by atoms with Crippen molar-refractivity contribution >= 4 is 5.91 Å². The molecule has 0 aliphatic carbocycles. The standard InChI is InChI=1S/C14H25NO11/c1-4(17)15-7-10(20)9(19)6(25-13(7)23)3-24-14-12(22)11(21)8(18)5(2-16)26-14/h5-14,16,18-23H,2-3H2,1H3,(H,15,17)/t5-,6-,7-,8+,9-,10-,11+,12-,13+,14-/m1/s1. The molecule has 12 heteroatoms. The first-order valence-electron chi connectivity index (χ1n) is 8.06. The number of nitrogens with one attached hydrogen (secondary N) is 1. The minimum Gasteiger partial charge on any atom is -0.394 e. The lowest BCUT2D eigenvalue weighted by atomic mass is 9.97. The van der Waals surface area contributed by atoms with Crippen molar-refractivity contribution in [3.8, 4) is 0 Å². The Labute approximate surface area is 148 Å². The van der Waals surface area contributed by atoms with Crippen LogP contribution >= 0.6 is 0 Å². The van der Waals surface area contributed by atoms with Crippen LogP contribution in [-0.2, 0) is 19.0 Å². The Morgan fingerprint density at radius 2 is 1.54 bits per heavy atom. The number of aliphatic hydroxyl groups excluding tert-OH is 7. The number of hydrogen-bond donors (Lipinski definition) is 8. The third-order valence-electron chi connectivity index (χ3n) is 4.36. The number of hydrogen-bond acceptors (Lipinski definition) is 11. The Hall–Kier alpha value is -0.930. The first-order valence-corrected chi connectivity index (χ1v) is 8.06. The van der Waals surface area contributed by atoms with Gasteiger partial charge in [0.15, 0.2) is 12.6 Å². The summed E-state index contributed by atoms with van der Waals surface area (Å²) in [5, 5.41) is 70.6. The van der Waals surface area contributed by atoms with Gasteiger partial charge in [-0.05, 0) is 0 Å². The van der Waals surface area contributed by atoms with E-state index < -0.39 is 80.5 Å². The van der Waals surface area contributed by atoms with E-state index in [1.807, 2.05) is 0 Å². The van der Waals surface area contributed by atoms with Crippen LogP contribution in [-0.4, -0.2) is 116 Å². The van der Waals surface area contributed by atoms with Gasteiger partial charge in [0.2, 0.25) is 5.91 Å². The second-order valence-electron chi connectivity index (χ2n) is 6.30. The summed E-state index contributed by atoms with van der Waals surface area (Å²) in [5.74, 6) is -0.542. The predicted molar refractivity (Wildman–Crippen MR) is 80.2 cm³/mol. The third kappa shape index (κ3) is 4.48. The maximum atomic E-state index is 11.1. The van der Waals surface area contributed by atoms with Crippen molar-refractivity contribution in [2.75, 3.05) is 13.2 Å². The van der Waals surface area contributed by atoms with Gasteiger partial charge in [0, 0.05) is 6.92 Å². The Morgan fingerprint density at radius 3 is 2.12 bits per heavy atom. The van der Waals surface area contributed by atoms with Crippen molar-refractivity contribution < 1.29 is 54.8 Å². The van der Waals surface area contributed by atoms with Crippen molar-refractivity contribution in [2.45, 2.75) is 68.3 Å². The number of ether oxygens (including phenoxy) is 3. The van der Waals surface area contributed by atoms with Crippen LogP contribution in [0.5, 0.6) is 0 Å². The van der Waals surface area contributed by atoms with Crippen molar-refractivity contribution in [3.63, 3.8) is 0 Å². The van der Waals surface area contributed by atoms with E-state index in [-0.39, 0.29) is 0 Å². The Kier molecular flexibility index (Phi) is 7.27. The maximum Gasteiger partial charge on any atom is 0.217 e. The Morgan fingerprint density at radius 1 is 0.923 bits per heavy atom. The molecule has 0 aromatic rings. The van der Waals surface area contributed by atoms with Crippen LogP contribution in [0.25, 0.3) is 0 Å². The van der Waals surface area contributed by atoms with E-state index in [1.165, 1.54) is 6.92 Å². The lowest BCUT2D eigenvalue weighted by molar-refractivity contribution is -0.318. The molecule has 0 spiro atoms. The van der Waals surface area contributed by atoms with E-state index in [1.54, 1.807) is 0 Å². The summed E-state index contributed by atoms with van der Waals surface area (Å²) in [6.45, 7) is 0.0636. The molecule has 0 radical (unpaired) electrons. The van der Waals surface area contributed by atoms with Crippen LogP contribution in [0.3, 0.4) is 0 Å². The van der Waals surface area contributed by atoms with Crippen LogP contribution in [0.4, 0.5) is 0 Å². The quantitative estimate of drug-likeness (QED) is 0.226. The largest absolute Gasteiger partial charge is 0.394 e. The first kappa shape index (κ1) is 21.4. The van der Waals surface area contributed by atoms with Crippen molar-refractivity contribution in [1.29, 1.82) is 0 Å². The van der Waals surface area contributed by atoms with Gasteiger partial charge in [0.25, 0.3) is 0 Å². The molecule has 12 nitrogen and oxygen atoms in total. The van der Waals surface area contributed by atoms with Gasteiger partial charge in [-0.25, -0.2) is 0 Å². The summed E-state index contributed by atoms with van der Waals surface area (Å²) in [7, 11) is 0. The van der Waals surface area contributed by atoms with E-state index in [2.05, 4.69) is 5.32 Å². The molecule has 10 atom stereocenters. The molecule has 0 unspecified atom stereocenters. The monoisotopic (exact) mass is 383 g/mol. The highest BCUT2D eigenvalue weighted by Crippen LogP contribution is 2.24. The normalized spacial score (nSPS) is 46.8. The minimum atomic E-state index is -1.64. The average molecular weight is 383 g/mol. The fourth-order valence-electron chi connectivity index (χ4n) is 2.87. The lowest BCUT2D eigenvalue weighted by Crippen LogP contribution is -2.64. The van der Waals surface area contributed by atoms with Crippen LogP contribution in [0.1, 0.15) is 6.92 Å². The van der Waals surface area contributed by atoms with Crippen LogP contribution in [0, 0.1) is 0 Å². The zero-order chi connectivity index (χ0) is 19.6. The molecule has 2 fully saturated rings. The third-order valence-corrected chi connectivity index (χ3v) is 4.36. The highest BCUT2D eigenvalue weighted by molar-refractivity contribution is 5.73. The molecule has 0 aromatic heterocycles.